The Morgan fingerprint density at radius 3 is 2.82 bits per heavy atom. The Labute approximate surface area is 132 Å². The highest BCUT2D eigenvalue weighted by atomic mass is 16.3. The molecule has 1 aromatic heterocycles. The summed E-state index contributed by atoms with van der Waals surface area (Å²) in [5.74, 6) is 0. The molecule has 0 amide bonds. The standard InChI is InChI=1S/C19H24N2O/c22-14-6-13-21(15-17-9-3-4-12-20-17)19-11-5-8-16-7-1-2-10-18(16)19/h1-4,7,9-10,12,19,22H,5-6,8,11,13-15H2. The zero-order valence-corrected chi connectivity index (χ0v) is 13.0. The molecule has 116 valence electrons. The number of aromatic nitrogens is 1. The normalized spacial score (nSPS) is 17.5. The van der Waals surface area contributed by atoms with Gasteiger partial charge in [0.2, 0.25) is 0 Å². The van der Waals surface area contributed by atoms with E-state index in [1.807, 2.05) is 18.3 Å². The monoisotopic (exact) mass is 296 g/mol. The molecule has 0 saturated carbocycles. The molecule has 1 N–H and O–H groups in total. The van der Waals surface area contributed by atoms with Gasteiger partial charge in [0.25, 0.3) is 0 Å². The average molecular weight is 296 g/mol. The molecule has 22 heavy (non-hydrogen) atoms. The fourth-order valence-electron chi connectivity index (χ4n) is 3.43. The third-order valence-corrected chi connectivity index (χ3v) is 4.47. The van der Waals surface area contributed by atoms with Crippen molar-refractivity contribution in [2.24, 2.45) is 0 Å². The van der Waals surface area contributed by atoms with E-state index in [-0.39, 0.29) is 6.61 Å². The molecule has 0 bridgehead atoms. The van der Waals surface area contributed by atoms with Gasteiger partial charge in [-0.15, -0.1) is 0 Å². The number of benzene rings is 1. The summed E-state index contributed by atoms with van der Waals surface area (Å²) in [6, 6.07) is 15.3. The molecule has 2 aromatic rings. The number of pyridine rings is 1. The lowest BCUT2D eigenvalue weighted by molar-refractivity contribution is 0.150. The predicted molar refractivity (Wildman–Crippen MR) is 88.5 cm³/mol. The summed E-state index contributed by atoms with van der Waals surface area (Å²) in [6.45, 7) is 2.00. The third kappa shape index (κ3) is 3.54. The number of fused-ring (bicyclic) bond motifs is 1. The van der Waals surface area contributed by atoms with Gasteiger partial charge in [-0.25, -0.2) is 0 Å². The molecule has 0 aliphatic heterocycles. The van der Waals surface area contributed by atoms with E-state index >= 15 is 0 Å². The fourth-order valence-corrected chi connectivity index (χ4v) is 3.43. The minimum absolute atomic E-state index is 0.243. The average Bonchev–Trinajstić information content (AvgIpc) is 2.59. The molecule has 0 radical (unpaired) electrons. The Bertz CT molecular complexity index is 585. The van der Waals surface area contributed by atoms with Crippen LogP contribution >= 0.6 is 0 Å². The van der Waals surface area contributed by atoms with E-state index in [1.165, 1.54) is 30.4 Å². The van der Waals surface area contributed by atoms with Crippen LogP contribution in [-0.4, -0.2) is 28.1 Å². The molecular weight excluding hydrogens is 272 g/mol. The van der Waals surface area contributed by atoms with Gasteiger partial charge in [0.1, 0.15) is 0 Å². The number of aryl methyl sites for hydroxylation is 1. The molecule has 1 heterocycles. The van der Waals surface area contributed by atoms with Crippen LogP contribution in [0.3, 0.4) is 0 Å². The Balaban J connectivity index is 1.83. The summed E-state index contributed by atoms with van der Waals surface area (Å²) < 4.78 is 0. The van der Waals surface area contributed by atoms with Crippen LogP contribution < -0.4 is 0 Å². The van der Waals surface area contributed by atoms with Gasteiger partial charge in [-0.3, -0.25) is 9.88 Å². The first-order chi connectivity index (χ1) is 10.9. The Morgan fingerprint density at radius 2 is 2.00 bits per heavy atom. The quantitative estimate of drug-likeness (QED) is 0.888. The van der Waals surface area contributed by atoms with Gasteiger partial charge in [-0.2, -0.15) is 0 Å². The molecule has 1 aliphatic carbocycles. The third-order valence-electron chi connectivity index (χ3n) is 4.47. The zero-order valence-electron chi connectivity index (χ0n) is 13.0. The van der Waals surface area contributed by atoms with E-state index in [1.54, 1.807) is 0 Å². The highest BCUT2D eigenvalue weighted by molar-refractivity contribution is 5.32. The first-order valence-corrected chi connectivity index (χ1v) is 8.21. The second-order valence-electron chi connectivity index (χ2n) is 5.98. The molecule has 0 fully saturated rings. The van der Waals surface area contributed by atoms with Crippen LogP contribution in [0.2, 0.25) is 0 Å². The maximum Gasteiger partial charge on any atom is 0.0544 e. The second kappa shape index (κ2) is 7.52. The lowest BCUT2D eigenvalue weighted by Crippen LogP contribution is -2.32. The molecule has 1 unspecified atom stereocenters. The summed E-state index contributed by atoms with van der Waals surface area (Å²) in [5, 5.41) is 9.23. The van der Waals surface area contributed by atoms with E-state index in [4.69, 9.17) is 0 Å². The smallest absolute Gasteiger partial charge is 0.0544 e. The van der Waals surface area contributed by atoms with Crippen molar-refractivity contribution >= 4 is 0 Å². The van der Waals surface area contributed by atoms with E-state index in [2.05, 4.69) is 40.2 Å². The highest BCUT2D eigenvalue weighted by Gasteiger charge is 2.25. The topological polar surface area (TPSA) is 36.4 Å². The van der Waals surface area contributed by atoms with Gasteiger partial charge >= 0.3 is 0 Å². The minimum Gasteiger partial charge on any atom is -0.396 e. The SMILES string of the molecule is OCCCN(Cc1ccccn1)C1CCCc2ccccc21. The van der Waals surface area contributed by atoms with E-state index in [9.17, 15) is 5.11 Å². The zero-order chi connectivity index (χ0) is 15.2. The number of aliphatic hydroxyl groups excluding tert-OH is 1. The van der Waals surface area contributed by atoms with Gasteiger partial charge in [0.05, 0.1) is 5.69 Å². The molecular formula is C19H24N2O. The predicted octanol–water partition coefficient (Wildman–Crippen LogP) is 3.34. The van der Waals surface area contributed by atoms with Crippen LogP contribution in [0.5, 0.6) is 0 Å². The minimum atomic E-state index is 0.243. The van der Waals surface area contributed by atoms with Gasteiger partial charge in [-0.1, -0.05) is 30.3 Å². The van der Waals surface area contributed by atoms with E-state index < -0.39 is 0 Å². The van der Waals surface area contributed by atoms with Gasteiger partial charge < -0.3 is 5.11 Å². The van der Waals surface area contributed by atoms with E-state index in [0.717, 1.165) is 25.2 Å². The molecule has 3 rings (SSSR count). The number of hydrogen-bond donors (Lipinski definition) is 1. The van der Waals surface area contributed by atoms with Crippen molar-refractivity contribution in [2.75, 3.05) is 13.2 Å². The number of aliphatic hydroxyl groups is 1. The molecule has 1 aliphatic rings. The molecule has 0 saturated heterocycles. The molecule has 1 aromatic carbocycles. The second-order valence-corrected chi connectivity index (χ2v) is 5.98. The largest absolute Gasteiger partial charge is 0.396 e. The van der Waals surface area contributed by atoms with Crippen LogP contribution in [0.15, 0.2) is 48.7 Å². The maximum absolute atomic E-state index is 9.23. The Morgan fingerprint density at radius 1 is 1.14 bits per heavy atom. The van der Waals surface area contributed by atoms with Crippen LogP contribution in [0.25, 0.3) is 0 Å². The Kier molecular flexibility index (Phi) is 5.20. The van der Waals surface area contributed by atoms with Gasteiger partial charge in [0, 0.05) is 31.9 Å². The van der Waals surface area contributed by atoms with Crippen molar-refractivity contribution in [1.29, 1.82) is 0 Å². The number of nitrogens with zero attached hydrogens (tertiary/aromatic N) is 2. The van der Waals surface area contributed by atoms with Crippen LogP contribution in [0, 0.1) is 0 Å². The summed E-state index contributed by atoms with van der Waals surface area (Å²) in [5.41, 5.74) is 4.04. The number of rotatable bonds is 6. The summed E-state index contributed by atoms with van der Waals surface area (Å²) in [7, 11) is 0. The lowest BCUT2D eigenvalue weighted by atomic mass is 9.86. The molecule has 0 spiro atoms. The maximum atomic E-state index is 9.23. The van der Waals surface area contributed by atoms with Crippen molar-refractivity contribution in [3.8, 4) is 0 Å². The summed E-state index contributed by atoms with van der Waals surface area (Å²) >= 11 is 0. The van der Waals surface area contributed by atoms with Crippen molar-refractivity contribution < 1.29 is 5.11 Å². The molecule has 3 heteroatoms. The van der Waals surface area contributed by atoms with Crippen molar-refractivity contribution in [1.82, 2.24) is 9.88 Å². The first-order valence-electron chi connectivity index (χ1n) is 8.21. The van der Waals surface area contributed by atoms with E-state index in [0.29, 0.717) is 6.04 Å². The Hall–Kier alpha value is -1.71. The summed E-state index contributed by atoms with van der Waals surface area (Å²) in [6.07, 6.45) is 6.28. The molecule has 3 nitrogen and oxygen atoms in total. The van der Waals surface area contributed by atoms with Crippen molar-refractivity contribution in [3.63, 3.8) is 0 Å². The van der Waals surface area contributed by atoms with Gasteiger partial charge in [-0.05, 0) is 48.9 Å². The van der Waals surface area contributed by atoms with Crippen molar-refractivity contribution in [2.45, 2.75) is 38.3 Å². The van der Waals surface area contributed by atoms with Gasteiger partial charge in [0.15, 0.2) is 0 Å². The van der Waals surface area contributed by atoms with Crippen molar-refractivity contribution in [3.05, 3.63) is 65.5 Å². The number of hydrogen-bond acceptors (Lipinski definition) is 3. The summed E-state index contributed by atoms with van der Waals surface area (Å²) in [4.78, 5) is 6.96. The van der Waals surface area contributed by atoms with Crippen LogP contribution in [-0.2, 0) is 13.0 Å². The first kappa shape index (κ1) is 15.2. The lowest BCUT2D eigenvalue weighted by Gasteiger charge is -2.35. The van der Waals surface area contributed by atoms with Crippen LogP contribution in [0.1, 0.15) is 42.1 Å². The highest BCUT2D eigenvalue weighted by Crippen LogP contribution is 2.34. The molecule has 1 atom stereocenters. The fraction of sp³-hybridized carbons (Fsp3) is 0.421. The van der Waals surface area contributed by atoms with Crippen LogP contribution in [0.4, 0.5) is 0 Å².